The normalized spacial score (nSPS) is 17.5. The zero-order valence-corrected chi connectivity index (χ0v) is 21.1. The minimum Gasteiger partial charge on any atom is -0.504 e. The Balaban J connectivity index is 1.72. The number of phenolic OH excluding ortho intramolecular Hbond substituents is 2. The number of hydrogen-bond acceptors (Lipinski definition) is 4. The second-order valence-corrected chi connectivity index (χ2v) is 9.38. The van der Waals surface area contributed by atoms with Crippen molar-refractivity contribution in [2.45, 2.75) is 58.3 Å². The van der Waals surface area contributed by atoms with Gasteiger partial charge in [0.2, 0.25) is 11.8 Å². The second kappa shape index (κ2) is 10.8. The molecule has 1 aromatic carbocycles. The van der Waals surface area contributed by atoms with Crippen LogP contribution in [0, 0.1) is 0 Å². The van der Waals surface area contributed by atoms with E-state index in [0.29, 0.717) is 6.54 Å². The summed E-state index contributed by atoms with van der Waals surface area (Å²) in [5.74, 6) is -0.426. The van der Waals surface area contributed by atoms with Crippen molar-refractivity contribution in [3.05, 3.63) is 82.6 Å². The first-order valence-electron chi connectivity index (χ1n) is 12.1. The molecule has 0 aromatic heterocycles. The molecule has 0 unspecified atom stereocenters. The van der Waals surface area contributed by atoms with E-state index in [4.69, 9.17) is 0 Å². The average Bonchev–Trinajstić information content (AvgIpc) is 3.63. The summed E-state index contributed by atoms with van der Waals surface area (Å²) in [6, 6.07) is 4.63. The highest BCUT2D eigenvalue weighted by Crippen LogP contribution is 2.50. The van der Waals surface area contributed by atoms with Crippen molar-refractivity contribution < 1.29 is 19.8 Å². The summed E-state index contributed by atoms with van der Waals surface area (Å²) < 4.78 is 0. The lowest BCUT2D eigenvalue weighted by Crippen LogP contribution is -2.36. The number of carbonyl (C=O) groups excluding carboxylic acids is 2. The third-order valence-electron chi connectivity index (χ3n) is 6.84. The van der Waals surface area contributed by atoms with E-state index in [9.17, 15) is 19.8 Å². The van der Waals surface area contributed by atoms with Crippen molar-refractivity contribution in [3.63, 3.8) is 0 Å². The van der Waals surface area contributed by atoms with Crippen molar-refractivity contribution in [2.24, 2.45) is 0 Å². The first-order chi connectivity index (χ1) is 16.6. The standard InChI is InChI=1S/C29H36N2O4/c1-6-21-17-22(10-12-25(21)30-20(4)32)24(7-2)19(3)9-8-16-31(5)28(35)29(14-15-29)23-11-13-26(33)27(34)18-23/h7-9,11,13,17-18,33-34H,2,6,10,12,14-16H2,1,3-5H3,(H,30,32)/b9-8-,24-19+. The Bertz CT molecular complexity index is 1150. The number of phenols is 2. The van der Waals surface area contributed by atoms with Gasteiger partial charge in [-0.25, -0.2) is 0 Å². The van der Waals surface area contributed by atoms with Crippen LogP contribution >= 0.6 is 0 Å². The topological polar surface area (TPSA) is 89.9 Å². The average molecular weight is 477 g/mol. The van der Waals surface area contributed by atoms with Gasteiger partial charge in [-0.2, -0.15) is 0 Å². The van der Waals surface area contributed by atoms with Crippen LogP contribution in [0.1, 0.15) is 58.4 Å². The molecule has 0 bridgehead atoms. The van der Waals surface area contributed by atoms with E-state index in [-0.39, 0.29) is 23.3 Å². The van der Waals surface area contributed by atoms with Gasteiger partial charge in [0.15, 0.2) is 11.5 Å². The molecule has 0 atom stereocenters. The van der Waals surface area contributed by atoms with Gasteiger partial charge in [0.05, 0.1) is 5.41 Å². The van der Waals surface area contributed by atoms with Crippen LogP contribution in [0.2, 0.25) is 0 Å². The lowest BCUT2D eigenvalue weighted by atomic mass is 9.88. The SMILES string of the molecule is C=C/C(C1=CC(CC)=C(NC(C)=O)CC1)=C(C)\C=C/CN(C)C(=O)C1(c2ccc(O)c(O)c2)CC1. The molecule has 2 amide bonds. The molecule has 6 heteroatoms. The van der Waals surface area contributed by atoms with Crippen molar-refractivity contribution >= 4 is 11.8 Å². The molecule has 0 aliphatic heterocycles. The molecule has 3 N–H and O–H groups in total. The molecule has 0 spiro atoms. The van der Waals surface area contributed by atoms with Gasteiger partial charge >= 0.3 is 0 Å². The van der Waals surface area contributed by atoms with E-state index in [2.05, 4.69) is 24.9 Å². The van der Waals surface area contributed by atoms with Crippen LogP contribution < -0.4 is 5.32 Å². The fraction of sp³-hybridized carbons (Fsp3) is 0.379. The van der Waals surface area contributed by atoms with E-state index in [1.54, 1.807) is 18.0 Å². The molecular formula is C29H36N2O4. The van der Waals surface area contributed by atoms with Crippen molar-refractivity contribution in [1.82, 2.24) is 10.2 Å². The molecular weight excluding hydrogens is 440 g/mol. The number of benzene rings is 1. The van der Waals surface area contributed by atoms with Crippen LogP contribution in [0.5, 0.6) is 11.5 Å². The molecule has 0 heterocycles. The van der Waals surface area contributed by atoms with Crippen LogP contribution in [-0.4, -0.2) is 40.5 Å². The fourth-order valence-electron chi connectivity index (χ4n) is 4.72. The van der Waals surface area contributed by atoms with Crippen LogP contribution in [0.15, 0.2) is 77.1 Å². The van der Waals surface area contributed by atoms with Gasteiger partial charge in [0, 0.05) is 26.2 Å². The van der Waals surface area contributed by atoms with Crippen LogP contribution in [0.25, 0.3) is 0 Å². The smallest absolute Gasteiger partial charge is 0.233 e. The second-order valence-electron chi connectivity index (χ2n) is 9.38. The molecule has 6 nitrogen and oxygen atoms in total. The summed E-state index contributed by atoms with van der Waals surface area (Å²) in [6.07, 6.45) is 11.9. The summed E-state index contributed by atoms with van der Waals surface area (Å²) >= 11 is 0. The lowest BCUT2D eigenvalue weighted by Gasteiger charge is -2.23. The van der Waals surface area contributed by atoms with E-state index < -0.39 is 5.41 Å². The fourth-order valence-corrected chi connectivity index (χ4v) is 4.72. The number of likely N-dealkylation sites (N-methyl/N-ethyl adjacent to an activating group) is 1. The van der Waals surface area contributed by atoms with Crippen LogP contribution in [0.3, 0.4) is 0 Å². The Morgan fingerprint density at radius 2 is 1.89 bits per heavy atom. The summed E-state index contributed by atoms with van der Waals surface area (Å²) in [5, 5.41) is 22.4. The highest BCUT2D eigenvalue weighted by atomic mass is 16.3. The first kappa shape index (κ1) is 26.1. The third kappa shape index (κ3) is 5.76. The van der Waals surface area contributed by atoms with E-state index in [1.165, 1.54) is 24.6 Å². The first-order valence-corrected chi connectivity index (χ1v) is 12.1. The Kier molecular flexibility index (Phi) is 8.05. The summed E-state index contributed by atoms with van der Waals surface area (Å²) in [7, 11) is 1.78. The van der Waals surface area contributed by atoms with E-state index in [1.807, 2.05) is 25.2 Å². The van der Waals surface area contributed by atoms with Gasteiger partial charge in [-0.15, -0.1) is 0 Å². The number of hydrogen-bond donors (Lipinski definition) is 3. The van der Waals surface area contributed by atoms with E-state index >= 15 is 0 Å². The predicted octanol–water partition coefficient (Wildman–Crippen LogP) is 5.17. The van der Waals surface area contributed by atoms with Gasteiger partial charge in [-0.3, -0.25) is 9.59 Å². The third-order valence-corrected chi connectivity index (χ3v) is 6.84. The maximum absolute atomic E-state index is 13.2. The van der Waals surface area contributed by atoms with Gasteiger partial charge in [-0.05, 0) is 79.0 Å². The number of nitrogens with one attached hydrogen (secondary N) is 1. The molecule has 0 saturated heterocycles. The minimum atomic E-state index is -0.619. The molecule has 1 saturated carbocycles. The van der Waals surface area contributed by atoms with Gasteiger partial charge in [0.1, 0.15) is 0 Å². The summed E-state index contributed by atoms with van der Waals surface area (Å²) in [5.41, 5.74) is 5.58. The number of nitrogens with zero attached hydrogens (tertiary/aromatic N) is 1. The molecule has 3 rings (SSSR count). The Hall–Kier alpha value is -3.54. The number of amides is 2. The molecule has 35 heavy (non-hydrogen) atoms. The van der Waals surface area contributed by atoms with E-state index in [0.717, 1.165) is 60.1 Å². The Labute approximate surface area is 208 Å². The zero-order valence-electron chi connectivity index (χ0n) is 21.1. The molecule has 1 aromatic rings. The maximum Gasteiger partial charge on any atom is 0.233 e. The monoisotopic (exact) mass is 476 g/mol. The summed E-state index contributed by atoms with van der Waals surface area (Å²) in [6.45, 7) is 10.1. The minimum absolute atomic E-state index is 0.0102. The maximum atomic E-state index is 13.2. The molecule has 1 fully saturated rings. The molecule has 2 aliphatic carbocycles. The van der Waals surface area contributed by atoms with Gasteiger partial charge in [0.25, 0.3) is 0 Å². The van der Waals surface area contributed by atoms with Gasteiger partial charge < -0.3 is 20.4 Å². The predicted molar refractivity (Wildman–Crippen MR) is 139 cm³/mol. The number of rotatable bonds is 9. The highest BCUT2D eigenvalue weighted by Gasteiger charge is 2.52. The Morgan fingerprint density at radius 3 is 2.46 bits per heavy atom. The molecule has 0 radical (unpaired) electrons. The highest BCUT2D eigenvalue weighted by molar-refractivity contribution is 5.91. The zero-order chi connectivity index (χ0) is 25.8. The van der Waals surface area contributed by atoms with Crippen molar-refractivity contribution in [1.29, 1.82) is 0 Å². The van der Waals surface area contributed by atoms with Crippen molar-refractivity contribution in [3.8, 4) is 11.5 Å². The van der Waals surface area contributed by atoms with Crippen LogP contribution in [0.4, 0.5) is 0 Å². The lowest BCUT2D eigenvalue weighted by molar-refractivity contribution is -0.132. The molecule has 2 aliphatic rings. The van der Waals surface area contributed by atoms with Crippen LogP contribution in [-0.2, 0) is 15.0 Å². The quantitative estimate of drug-likeness (QED) is 0.339. The number of aromatic hydroxyl groups is 2. The van der Waals surface area contributed by atoms with Crippen molar-refractivity contribution in [2.75, 3.05) is 13.6 Å². The number of allylic oxidation sites excluding steroid dienone is 8. The summed E-state index contributed by atoms with van der Waals surface area (Å²) in [4.78, 5) is 26.4. The van der Waals surface area contributed by atoms with Gasteiger partial charge in [-0.1, -0.05) is 43.9 Å². The largest absolute Gasteiger partial charge is 0.504 e. The molecule has 186 valence electrons. The number of carbonyl (C=O) groups is 2. The Morgan fingerprint density at radius 1 is 1.17 bits per heavy atom.